The summed E-state index contributed by atoms with van der Waals surface area (Å²) in [7, 11) is 0. The van der Waals surface area contributed by atoms with Crippen molar-refractivity contribution in [2.75, 3.05) is 0 Å². The predicted molar refractivity (Wildman–Crippen MR) is 55.7 cm³/mol. The van der Waals surface area contributed by atoms with E-state index in [-0.39, 0.29) is 22.4 Å². The molecule has 17 heavy (non-hydrogen) atoms. The molecule has 0 saturated carbocycles. The summed E-state index contributed by atoms with van der Waals surface area (Å²) in [5, 5.41) is 0.262. The second-order valence-electron chi connectivity index (χ2n) is 3.67. The number of Topliss-reactive ketones (excluding diaryl/α,β-unsaturated/α-hetero) is 1. The highest BCUT2D eigenvalue weighted by Gasteiger charge is 2.16. The van der Waals surface area contributed by atoms with E-state index in [2.05, 4.69) is 4.98 Å². The van der Waals surface area contributed by atoms with E-state index < -0.39 is 18.8 Å². The van der Waals surface area contributed by atoms with Gasteiger partial charge in [-0.1, -0.05) is 0 Å². The number of pyridine rings is 1. The minimum atomic E-state index is -2.56. The van der Waals surface area contributed by atoms with Gasteiger partial charge in [0.25, 0.3) is 6.43 Å². The highest BCUT2D eigenvalue weighted by Crippen LogP contribution is 2.21. The van der Waals surface area contributed by atoms with Crippen molar-refractivity contribution in [3.63, 3.8) is 0 Å². The van der Waals surface area contributed by atoms with Crippen molar-refractivity contribution in [1.29, 1.82) is 0 Å². The number of rotatable bonds is 3. The van der Waals surface area contributed by atoms with E-state index in [4.69, 9.17) is 0 Å². The number of aromatic nitrogens is 2. The van der Waals surface area contributed by atoms with Gasteiger partial charge in [0.05, 0.1) is 12.7 Å². The number of fused-ring (bicyclic) bond motifs is 1. The molecule has 0 amide bonds. The Balaban J connectivity index is 2.66. The number of nitrogens with zero attached hydrogens (tertiary/aromatic N) is 2. The van der Waals surface area contributed by atoms with Gasteiger partial charge in [0.15, 0.2) is 5.78 Å². The molecule has 0 aliphatic carbocycles. The Morgan fingerprint density at radius 1 is 1.53 bits per heavy atom. The second kappa shape index (κ2) is 4.20. The average Bonchev–Trinajstić information content (AvgIpc) is 2.55. The Kier molecular flexibility index (Phi) is 2.87. The van der Waals surface area contributed by atoms with Crippen LogP contribution in [0.15, 0.2) is 18.5 Å². The first-order chi connectivity index (χ1) is 7.99. The lowest BCUT2D eigenvalue weighted by atomic mass is 10.1. The topological polar surface area (TPSA) is 34.9 Å². The van der Waals surface area contributed by atoms with Crippen molar-refractivity contribution in [2.45, 2.75) is 19.9 Å². The van der Waals surface area contributed by atoms with Crippen LogP contribution in [0.4, 0.5) is 13.2 Å². The quantitative estimate of drug-likeness (QED) is 0.775. The molecule has 0 aliphatic heterocycles. The van der Waals surface area contributed by atoms with Gasteiger partial charge in [-0.15, -0.1) is 0 Å². The molecule has 0 spiro atoms. The lowest BCUT2D eigenvalue weighted by Crippen LogP contribution is -2.05. The van der Waals surface area contributed by atoms with Crippen LogP contribution in [0.2, 0.25) is 0 Å². The van der Waals surface area contributed by atoms with Gasteiger partial charge in [0.2, 0.25) is 0 Å². The first kappa shape index (κ1) is 11.6. The molecule has 90 valence electrons. The van der Waals surface area contributed by atoms with Gasteiger partial charge in [-0.2, -0.15) is 0 Å². The molecule has 0 unspecified atom stereocenters. The molecule has 2 aromatic rings. The van der Waals surface area contributed by atoms with Crippen LogP contribution in [0.25, 0.3) is 11.0 Å². The fourth-order valence-electron chi connectivity index (χ4n) is 1.71. The van der Waals surface area contributed by atoms with Gasteiger partial charge in [-0.3, -0.25) is 4.79 Å². The third-order valence-corrected chi connectivity index (χ3v) is 2.39. The lowest BCUT2D eigenvalue weighted by molar-refractivity contribution is 0.101. The number of carbonyl (C=O) groups is 1. The molecule has 0 saturated heterocycles. The highest BCUT2D eigenvalue weighted by molar-refractivity contribution is 6.06. The number of hydrogen-bond acceptors (Lipinski definition) is 2. The molecule has 0 fully saturated rings. The van der Waals surface area contributed by atoms with Crippen LogP contribution < -0.4 is 0 Å². The molecule has 2 heterocycles. The Morgan fingerprint density at radius 2 is 2.24 bits per heavy atom. The van der Waals surface area contributed by atoms with Crippen LogP contribution in [0, 0.1) is 5.82 Å². The smallest absolute Gasteiger partial charge is 0.256 e. The molecule has 0 aromatic carbocycles. The van der Waals surface area contributed by atoms with E-state index >= 15 is 0 Å². The van der Waals surface area contributed by atoms with Crippen molar-refractivity contribution < 1.29 is 18.0 Å². The number of ketones is 1. The van der Waals surface area contributed by atoms with Gasteiger partial charge in [0.1, 0.15) is 11.5 Å². The summed E-state index contributed by atoms with van der Waals surface area (Å²) >= 11 is 0. The van der Waals surface area contributed by atoms with Gasteiger partial charge < -0.3 is 4.57 Å². The van der Waals surface area contributed by atoms with Crippen molar-refractivity contribution in [1.82, 2.24) is 9.55 Å². The average molecular weight is 242 g/mol. The van der Waals surface area contributed by atoms with E-state index in [1.165, 1.54) is 13.1 Å². The maximum absolute atomic E-state index is 13.0. The molecule has 0 aliphatic rings. The number of hydrogen-bond donors (Lipinski definition) is 0. The third-order valence-electron chi connectivity index (χ3n) is 2.39. The Hall–Kier alpha value is -1.85. The number of alkyl halides is 2. The Labute approximate surface area is 94.9 Å². The summed E-state index contributed by atoms with van der Waals surface area (Å²) < 4.78 is 38.8. The molecule has 0 radical (unpaired) electrons. The summed E-state index contributed by atoms with van der Waals surface area (Å²) in [6, 6.07) is 1.13. The minimum Gasteiger partial charge on any atom is -0.326 e. The second-order valence-corrected chi connectivity index (χ2v) is 3.67. The standard InChI is InChI=1S/C11H9F3N2O/c1-6(17)9-4-16(5-10(13)14)11-8(9)2-7(12)3-15-11/h2-4,10H,5H2,1H3. The lowest BCUT2D eigenvalue weighted by Gasteiger charge is -2.02. The zero-order valence-electron chi connectivity index (χ0n) is 8.95. The van der Waals surface area contributed by atoms with Crippen LogP contribution in [0.3, 0.4) is 0 Å². The molecule has 2 aromatic heterocycles. The van der Waals surface area contributed by atoms with Gasteiger partial charge in [-0.05, 0) is 13.0 Å². The molecule has 6 heteroatoms. The first-order valence-electron chi connectivity index (χ1n) is 4.92. The van der Waals surface area contributed by atoms with E-state index in [9.17, 15) is 18.0 Å². The SMILES string of the molecule is CC(=O)c1cn(CC(F)F)c2ncc(F)cc12. The van der Waals surface area contributed by atoms with E-state index in [0.717, 1.165) is 16.8 Å². The van der Waals surface area contributed by atoms with Gasteiger partial charge in [0, 0.05) is 17.1 Å². The monoisotopic (exact) mass is 242 g/mol. The Bertz CT molecular complexity index is 577. The summed E-state index contributed by atoms with van der Waals surface area (Å²) in [4.78, 5) is 15.1. The van der Waals surface area contributed by atoms with E-state index in [1.54, 1.807) is 0 Å². The number of carbonyl (C=O) groups excluding carboxylic acids is 1. The normalized spacial score (nSPS) is 11.4. The molecule has 0 atom stereocenters. The van der Waals surface area contributed by atoms with Crippen LogP contribution >= 0.6 is 0 Å². The molecule has 3 nitrogen and oxygen atoms in total. The van der Waals surface area contributed by atoms with Crippen LogP contribution in [0.5, 0.6) is 0 Å². The summed E-state index contributed by atoms with van der Waals surface area (Å²) in [6.07, 6.45) is -0.336. The number of halogens is 3. The van der Waals surface area contributed by atoms with Crippen molar-refractivity contribution in [3.8, 4) is 0 Å². The molecule has 0 bridgehead atoms. The fourth-order valence-corrected chi connectivity index (χ4v) is 1.71. The Morgan fingerprint density at radius 3 is 2.82 bits per heavy atom. The maximum Gasteiger partial charge on any atom is 0.256 e. The van der Waals surface area contributed by atoms with Crippen molar-refractivity contribution in [2.24, 2.45) is 0 Å². The van der Waals surface area contributed by atoms with Crippen molar-refractivity contribution in [3.05, 3.63) is 29.8 Å². The maximum atomic E-state index is 13.0. The first-order valence-corrected chi connectivity index (χ1v) is 4.92. The zero-order valence-corrected chi connectivity index (χ0v) is 8.95. The van der Waals surface area contributed by atoms with E-state index in [1.807, 2.05) is 0 Å². The summed E-state index contributed by atoms with van der Waals surface area (Å²) in [5.41, 5.74) is 0.393. The summed E-state index contributed by atoms with van der Waals surface area (Å²) in [6.45, 7) is 0.731. The molecular formula is C11H9F3N2O. The summed E-state index contributed by atoms with van der Waals surface area (Å²) in [5.74, 6) is -0.912. The van der Waals surface area contributed by atoms with Crippen LogP contribution in [-0.4, -0.2) is 21.8 Å². The van der Waals surface area contributed by atoms with Gasteiger partial charge in [-0.25, -0.2) is 18.2 Å². The largest absolute Gasteiger partial charge is 0.326 e. The molecule has 2 rings (SSSR count). The molecule has 0 N–H and O–H groups in total. The van der Waals surface area contributed by atoms with Crippen LogP contribution in [0.1, 0.15) is 17.3 Å². The zero-order chi connectivity index (χ0) is 12.6. The molecular weight excluding hydrogens is 233 g/mol. The van der Waals surface area contributed by atoms with Gasteiger partial charge >= 0.3 is 0 Å². The fraction of sp³-hybridized carbons (Fsp3) is 0.273. The van der Waals surface area contributed by atoms with E-state index in [0.29, 0.717) is 0 Å². The van der Waals surface area contributed by atoms with Crippen LogP contribution in [-0.2, 0) is 6.54 Å². The predicted octanol–water partition coefficient (Wildman–Crippen LogP) is 2.64. The third kappa shape index (κ3) is 2.15. The highest BCUT2D eigenvalue weighted by atomic mass is 19.3. The van der Waals surface area contributed by atoms with Crippen molar-refractivity contribution >= 4 is 16.8 Å². The minimum absolute atomic E-state index is 0.192.